The lowest BCUT2D eigenvalue weighted by atomic mass is 9.97. The van der Waals surface area contributed by atoms with Gasteiger partial charge in [0.1, 0.15) is 17.8 Å². The average Bonchev–Trinajstić information content (AvgIpc) is 3.45. The van der Waals surface area contributed by atoms with E-state index in [9.17, 15) is 13.2 Å². The van der Waals surface area contributed by atoms with Crippen LogP contribution in [0, 0.1) is 13.8 Å². The zero-order valence-corrected chi connectivity index (χ0v) is 25.6. The first kappa shape index (κ1) is 29.9. The number of carbonyl (C=O) groups is 1. The van der Waals surface area contributed by atoms with Crippen molar-refractivity contribution in [3.8, 4) is 0 Å². The van der Waals surface area contributed by atoms with Gasteiger partial charge < -0.3 is 19.9 Å². The lowest BCUT2D eigenvalue weighted by Gasteiger charge is -2.43. The number of aryl methyl sites for hydroxylation is 1. The van der Waals surface area contributed by atoms with Crippen LogP contribution in [0.25, 0.3) is 0 Å². The molecular weight excluding hydrogens is 540 g/mol. The lowest BCUT2D eigenvalue weighted by Crippen LogP contribution is -2.52. The summed E-state index contributed by atoms with van der Waals surface area (Å²) >= 11 is 0. The van der Waals surface area contributed by atoms with Crippen LogP contribution >= 0.6 is 0 Å². The number of ether oxygens (including phenoxy) is 1. The minimum atomic E-state index is -3.17. The third-order valence-electron chi connectivity index (χ3n) is 9.11. The summed E-state index contributed by atoms with van der Waals surface area (Å²) in [5.41, 5.74) is 3.69. The van der Waals surface area contributed by atoms with Crippen molar-refractivity contribution in [1.82, 2.24) is 24.1 Å². The number of nitrogens with one attached hydrogen (secondary N) is 1. The first-order valence-corrected chi connectivity index (χ1v) is 16.7. The Morgan fingerprint density at radius 1 is 1.05 bits per heavy atom. The van der Waals surface area contributed by atoms with Crippen LogP contribution in [-0.2, 0) is 14.8 Å². The van der Waals surface area contributed by atoms with Gasteiger partial charge in [0.25, 0.3) is 5.91 Å². The van der Waals surface area contributed by atoms with Crippen LogP contribution in [0.2, 0.25) is 0 Å². The van der Waals surface area contributed by atoms with E-state index >= 15 is 0 Å². The Hall–Kier alpha value is -2.60. The Labute approximate surface area is 244 Å². The summed E-state index contributed by atoms with van der Waals surface area (Å²) in [5, 5.41) is 3.41. The molecule has 1 aromatic carbocycles. The summed E-state index contributed by atoms with van der Waals surface area (Å²) in [6.45, 7) is 7.80. The standard InChI is InChI=1S/C30H44N6O4S/c1-21-6-5-7-23(18-21)27-9-8-26(40-27)19-31-29-22(2)28(32-20-33-29)30(37)36-16-12-25(13-17-36)35-14-10-24(11-15-35)34(3)41(4,38)39/h5-7,18,20,24-27H,8-17,19H2,1-4H3,(H,31,32,33)/t26?,27-/m1/s1. The van der Waals surface area contributed by atoms with E-state index in [1.807, 2.05) is 11.8 Å². The van der Waals surface area contributed by atoms with Crippen molar-refractivity contribution in [3.63, 3.8) is 0 Å². The van der Waals surface area contributed by atoms with Gasteiger partial charge in [-0.1, -0.05) is 29.8 Å². The van der Waals surface area contributed by atoms with Gasteiger partial charge in [-0.25, -0.2) is 22.7 Å². The molecule has 3 aliphatic rings. The largest absolute Gasteiger partial charge is 0.368 e. The molecule has 0 spiro atoms. The summed E-state index contributed by atoms with van der Waals surface area (Å²) in [7, 11) is -1.49. The number of rotatable bonds is 8. The summed E-state index contributed by atoms with van der Waals surface area (Å²) in [6, 6.07) is 8.99. The Balaban J connectivity index is 1.11. The van der Waals surface area contributed by atoms with Crippen LogP contribution in [0.5, 0.6) is 0 Å². The SMILES string of the molecule is Cc1cccc([C@H]2CCC(CNc3ncnc(C(=O)N4CCC(N5CCC(N(C)S(C)(=O)=O)CC5)CC4)c3C)O2)c1. The van der Waals surface area contributed by atoms with Gasteiger partial charge in [0.15, 0.2) is 0 Å². The van der Waals surface area contributed by atoms with Crippen LogP contribution in [0.1, 0.15) is 71.8 Å². The van der Waals surface area contributed by atoms with Crippen molar-refractivity contribution in [1.29, 1.82) is 0 Å². The van der Waals surface area contributed by atoms with Crippen LogP contribution in [0.4, 0.5) is 5.82 Å². The molecular formula is C30H44N6O4S. The fraction of sp³-hybridized carbons (Fsp3) is 0.633. The first-order chi connectivity index (χ1) is 19.6. The fourth-order valence-corrected chi connectivity index (χ4v) is 7.25. The monoisotopic (exact) mass is 584 g/mol. The highest BCUT2D eigenvalue weighted by Crippen LogP contribution is 2.33. The number of hydrogen-bond donors (Lipinski definition) is 1. The molecule has 10 nitrogen and oxygen atoms in total. The van der Waals surface area contributed by atoms with E-state index in [0.29, 0.717) is 37.2 Å². The Morgan fingerprint density at radius 2 is 1.78 bits per heavy atom. The van der Waals surface area contributed by atoms with Crippen LogP contribution < -0.4 is 5.32 Å². The molecule has 2 atom stereocenters. The van der Waals surface area contributed by atoms with Crippen molar-refractivity contribution in [2.24, 2.45) is 0 Å². The molecule has 5 rings (SSSR count). The zero-order chi connectivity index (χ0) is 29.1. The Kier molecular flexibility index (Phi) is 9.27. The second-order valence-electron chi connectivity index (χ2n) is 11.9. The average molecular weight is 585 g/mol. The van der Waals surface area contributed by atoms with Gasteiger partial charge in [0.2, 0.25) is 10.0 Å². The Bertz CT molecular complexity index is 1320. The van der Waals surface area contributed by atoms with Crippen molar-refractivity contribution < 1.29 is 17.9 Å². The fourth-order valence-electron chi connectivity index (χ4n) is 6.50. The number of hydrogen-bond acceptors (Lipinski definition) is 8. The third kappa shape index (κ3) is 7.07. The maximum atomic E-state index is 13.5. The quantitative estimate of drug-likeness (QED) is 0.503. The number of aromatic nitrogens is 2. The summed E-state index contributed by atoms with van der Waals surface area (Å²) < 4.78 is 31.6. The predicted octanol–water partition coefficient (Wildman–Crippen LogP) is 3.39. The lowest BCUT2D eigenvalue weighted by molar-refractivity contribution is 0.0521. The molecule has 0 bridgehead atoms. The van der Waals surface area contributed by atoms with Crippen molar-refractivity contribution >= 4 is 21.7 Å². The highest BCUT2D eigenvalue weighted by molar-refractivity contribution is 7.88. The molecule has 0 aliphatic carbocycles. The van der Waals surface area contributed by atoms with Gasteiger partial charge in [0, 0.05) is 44.3 Å². The number of piperidine rings is 2. The second-order valence-corrected chi connectivity index (χ2v) is 13.9. The molecule has 1 amide bonds. The highest BCUT2D eigenvalue weighted by atomic mass is 32.2. The molecule has 0 radical (unpaired) electrons. The molecule has 3 fully saturated rings. The summed E-state index contributed by atoms with van der Waals surface area (Å²) in [4.78, 5) is 26.6. The summed E-state index contributed by atoms with van der Waals surface area (Å²) in [6.07, 6.45) is 8.43. The number of benzene rings is 1. The van der Waals surface area contributed by atoms with E-state index in [2.05, 4.69) is 51.4 Å². The number of carbonyl (C=O) groups excluding carboxylic acids is 1. The Morgan fingerprint density at radius 3 is 2.46 bits per heavy atom. The van der Waals surface area contributed by atoms with Crippen LogP contribution in [0.15, 0.2) is 30.6 Å². The molecule has 2 aromatic rings. The molecule has 224 valence electrons. The predicted molar refractivity (Wildman–Crippen MR) is 159 cm³/mol. The minimum absolute atomic E-state index is 0.0449. The van der Waals surface area contributed by atoms with E-state index in [-0.39, 0.29) is 24.2 Å². The molecule has 3 aliphatic heterocycles. The number of likely N-dealkylation sites (tertiary alicyclic amines) is 2. The van der Waals surface area contributed by atoms with E-state index in [1.165, 1.54) is 28.0 Å². The van der Waals surface area contributed by atoms with E-state index < -0.39 is 10.0 Å². The molecule has 41 heavy (non-hydrogen) atoms. The zero-order valence-electron chi connectivity index (χ0n) is 24.8. The van der Waals surface area contributed by atoms with Gasteiger partial charge in [-0.15, -0.1) is 0 Å². The smallest absolute Gasteiger partial charge is 0.272 e. The summed E-state index contributed by atoms with van der Waals surface area (Å²) in [5.74, 6) is 0.638. The van der Waals surface area contributed by atoms with E-state index in [4.69, 9.17) is 4.74 Å². The van der Waals surface area contributed by atoms with Gasteiger partial charge >= 0.3 is 0 Å². The van der Waals surface area contributed by atoms with Crippen molar-refractivity contribution in [2.45, 2.75) is 76.7 Å². The van der Waals surface area contributed by atoms with Crippen molar-refractivity contribution in [3.05, 3.63) is 53.0 Å². The molecule has 3 saturated heterocycles. The molecule has 1 N–H and O–H groups in total. The minimum Gasteiger partial charge on any atom is -0.368 e. The molecule has 1 unspecified atom stereocenters. The normalized spacial score (nSPS) is 23.3. The number of amides is 1. The van der Waals surface area contributed by atoms with E-state index in [0.717, 1.165) is 57.2 Å². The number of anilines is 1. The van der Waals surface area contributed by atoms with E-state index in [1.54, 1.807) is 7.05 Å². The first-order valence-electron chi connectivity index (χ1n) is 14.8. The van der Waals surface area contributed by atoms with Crippen LogP contribution in [0.3, 0.4) is 0 Å². The maximum absolute atomic E-state index is 13.5. The molecule has 0 saturated carbocycles. The maximum Gasteiger partial charge on any atom is 0.272 e. The number of nitrogens with zero attached hydrogens (tertiary/aromatic N) is 5. The third-order valence-corrected chi connectivity index (χ3v) is 10.5. The molecule has 11 heteroatoms. The van der Waals surface area contributed by atoms with Gasteiger partial charge in [0.05, 0.1) is 18.5 Å². The van der Waals surface area contributed by atoms with Gasteiger partial charge in [-0.3, -0.25) is 4.79 Å². The second kappa shape index (κ2) is 12.7. The van der Waals surface area contributed by atoms with Gasteiger partial charge in [-0.05, 0) is 71.0 Å². The molecule has 4 heterocycles. The number of sulfonamides is 1. The van der Waals surface area contributed by atoms with Crippen LogP contribution in [-0.4, -0.2) is 103 Å². The van der Waals surface area contributed by atoms with Crippen molar-refractivity contribution in [2.75, 3.05) is 51.3 Å². The molecule has 1 aromatic heterocycles. The highest BCUT2D eigenvalue weighted by Gasteiger charge is 2.33. The van der Waals surface area contributed by atoms with Gasteiger partial charge in [-0.2, -0.15) is 0 Å². The topological polar surface area (TPSA) is 108 Å².